The maximum Gasteiger partial charge on any atom is 0.348 e. The molecule has 1 aromatic carbocycles. The van der Waals surface area contributed by atoms with Gasteiger partial charge in [0, 0.05) is 0 Å². The molecule has 6 nitrogen and oxygen atoms in total. The van der Waals surface area contributed by atoms with Crippen LogP contribution in [0.1, 0.15) is 40.2 Å². The molecule has 0 amide bonds. The molecule has 0 aliphatic heterocycles. The Bertz CT molecular complexity index is 708. The predicted octanol–water partition coefficient (Wildman–Crippen LogP) is 3.51. The van der Waals surface area contributed by atoms with Crippen LogP contribution in [0.25, 0.3) is 6.08 Å². The zero-order valence-corrected chi connectivity index (χ0v) is 15.2. The third kappa shape index (κ3) is 5.96. The van der Waals surface area contributed by atoms with Crippen LogP contribution >= 0.6 is 0 Å². The third-order valence-corrected chi connectivity index (χ3v) is 3.01. The van der Waals surface area contributed by atoms with E-state index in [4.69, 9.17) is 19.5 Å². The number of esters is 2. The molecule has 0 N–H and O–H groups in total. The van der Waals surface area contributed by atoms with Crippen LogP contribution in [0.4, 0.5) is 0 Å². The molecule has 134 valence electrons. The molecule has 0 aromatic heterocycles. The Morgan fingerprint density at radius 3 is 2.36 bits per heavy atom. The Hall–Kier alpha value is -2.81. The summed E-state index contributed by atoms with van der Waals surface area (Å²) in [5.41, 5.74) is -0.215. The molecule has 0 unspecified atom stereocenters. The minimum atomic E-state index is -0.689. The van der Waals surface area contributed by atoms with E-state index in [0.29, 0.717) is 17.9 Å². The molecule has 0 bridgehead atoms. The largest absolute Gasteiger partial charge is 0.490 e. The van der Waals surface area contributed by atoms with E-state index in [1.165, 1.54) is 6.08 Å². The lowest BCUT2D eigenvalue weighted by atomic mass is 9.97. The van der Waals surface area contributed by atoms with Gasteiger partial charge >= 0.3 is 11.9 Å². The summed E-state index contributed by atoms with van der Waals surface area (Å²) in [6.45, 7) is 9.29. The fraction of sp³-hybridized carbons (Fsp3) is 0.421. The molecule has 0 spiro atoms. The Balaban J connectivity index is 3.18. The normalized spacial score (nSPS) is 11.4. The molecule has 1 rings (SSSR count). The molecular formula is C19H23NO5. The second-order valence-corrected chi connectivity index (χ2v) is 6.17. The topological polar surface area (TPSA) is 85.6 Å². The van der Waals surface area contributed by atoms with E-state index in [1.54, 1.807) is 52.8 Å². The van der Waals surface area contributed by atoms with Crippen molar-refractivity contribution >= 4 is 18.0 Å². The summed E-state index contributed by atoms with van der Waals surface area (Å²) in [6, 6.07) is 6.62. The summed E-state index contributed by atoms with van der Waals surface area (Å²) in [4.78, 5) is 23.8. The highest BCUT2D eigenvalue weighted by molar-refractivity contribution is 5.98. The number of benzene rings is 1. The first kappa shape index (κ1) is 20.2. The number of rotatable bonds is 6. The van der Waals surface area contributed by atoms with Crippen molar-refractivity contribution in [1.29, 1.82) is 5.26 Å². The zero-order chi connectivity index (χ0) is 19.0. The molecule has 0 fully saturated rings. The summed E-state index contributed by atoms with van der Waals surface area (Å²) < 4.78 is 15.7. The van der Waals surface area contributed by atoms with Gasteiger partial charge in [0.25, 0.3) is 0 Å². The van der Waals surface area contributed by atoms with Crippen molar-refractivity contribution in [3.05, 3.63) is 29.3 Å². The Labute approximate surface area is 148 Å². The molecule has 0 heterocycles. The summed E-state index contributed by atoms with van der Waals surface area (Å²) in [5.74, 6) is -0.434. The van der Waals surface area contributed by atoms with Crippen molar-refractivity contribution in [3.63, 3.8) is 0 Å². The molecule has 0 aliphatic rings. The van der Waals surface area contributed by atoms with E-state index in [0.717, 1.165) is 0 Å². The van der Waals surface area contributed by atoms with E-state index in [9.17, 15) is 9.59 Å². The van der Waals surface area contributed by atoms with Gasteiger partial charge in [0.15, 0.2) is 11.5 Å². The average molecular weight is 345 g/mol. The third-order valence-electron chi connectivity index (χ3n) is 3.01. The number of hydrogen-bond donors (Lipinski definition) is 0. The van der Waals surface area contributed by atoms with Gasteiger partial charge in [-0.2, -0.15) is 5.26 Å². The second kappa shape index (κ2) is 8.88. The molecule has 0 saturated heterocycles. The van der Waals surface area contributed by atoms with Gasteiger partial charge < -0.3 is 14.2 Å². The molecule has 0 atom stereocenters. The van der Waals surface area contributed by atoms with Crippen LogP contribution in [0.5, 0.6) is 11.5 Å². The maximum absolute atomic E-state index is 12.1. The zero-order valence-electron chi connectivity index (χ0n) is 15.2. The van der Waals surface area contributed by atoms with E-state index < -0.39 is 11.4 Å². The van der Waals surface area contributed by atoms with Crippen LogP contribution in [0.2, 0.25) is 0 Å². The van der Waals surface area contributed by atoms with E-state index in [1.807, 2.05) is 6.07 Å². The highest BCUT2D eigenvalue weighted by atomic mass is 16.6. The Morgan fingerprint density at radius 1 is 1.16 bits per heavy atom. The maximum atomic E-state index is 12.1. The predicted molar refractivity (Wildman–Crippen MR) is 92.9 cm³/mol. The van der Waals surface area contributed by atoms with Crippen molar-refractivity contribution in [2.45, 2.75) is 34.6 Å². The van der Waals surface area contributed by atoms with Crippen LogP contribution in [-0.2, 0) is 14.3 Å². The van der Waals surface area contributed by atoms with Crippen LogP contribution in [0.3, 0.4) is 0 Å². The summed E-state index contributed by atoms with van der Waals surface area (Å²) in [6.07, 6.45) is 1.40. The van der Waals surface area contributed by atoms with Gasteiger partial charge in [0.05, 0.1) is 18.6 Å². The lowest BCUT2D eigenvalue weighted by Crippen LogP contribution is -2.25. The van der Waals surface area contributed by atoms with Crippen molar-refractivity contribution in [1.82, 2.24) is 0 Å². The molecule has 6 heteroatoms. The number of ether oxygens (including phenoxy) is 3. The number of nitrogens with zero attached hydrogens (tertiary/aromatic N) is 1. The average Bonchev–Trinajstić information content (AvgIpc) is 2.54. The standard InChI is InChI=1S/C19H23NO5/c1-6-23-16-11-13(10-14(12-20)17(21)24-7-2)8-9-15(16)25-18(22)19(3,4)5/h8-11H,6-7H2,1-5H3. The first-order valence-electron chi connectivity index (χ1n) is 8.01. The van der Waals surface area contributed by atoms with Gasteiger partial charge in [-0.15, -0.1) is 0 Å². The van der Waals surface area contributed by atoms with Crippen molar-refractivity contribution < 1.29 is 23.8 Å². The monoisotopic (exact) mass is 345 g/mol. The minimum absolute atomic E-state index is 0.122. The quantitative estimate of drug-likeness (QED) is 0.339. The summed E-state index contributed by atoms with van der Waals surface area (Å²) in [5, 5.41) is 9.10. The molecular weight excluding hydrogens is 322 g/mol. The number of hydrogen-bond acceptors (Lipinski definition) is 6. The van der Waals surface area contributed by atoms with Gasteiger partial charge in [0.2, 0.25) is 0 Å². The Morgan fingerprint density at radius 2 is 1.84 bits per heavy atom. The van der Waals surface area contributed by atoms with Crippen LogP contribution in [0.15, 0.2) is 23.8 Å². The minimum Gasteiger partial charge on any atom is -0.490 e. The van der Waals surface area contributed by atoms with Gasteiger partial charge in [-0.25, -0.2) is 4.79 Å². The van der Waals surface area contributed by atoms with Crippen molar-refractivity contribution in [2.75, 3.05) is 13.2 Å². The highest BCUT2D eigenvalue weighted by Gasteiger charge is 2.25. The van der Waals surface area contributed by atoms with Crippen molar-refractivity contribution in [3.8, 4) is 17.6 Å². The Kier molecular flexibility index (Phi) is 7.19. The molecule has 0 radical (unpaired) electrons. The van der Waals surface area contributed by atoms with Crippen LogP contribution in [0, 0.1) is 16.7 Å². The first-order chi connectivity index (χ1) is 11.7. The van der Waals surface area contributed by atoms with Gasteiger partial charge in [-0.05, 0) is 58.4 Å². The molecule has 0 aliphatic carbocycles. The molecule has 0 saturated carbocycles. The smallest absolute Gasteiger partial charge is 0.348 e. The number of carbonyl (C=O) groups is 2. The molecule has 1 aromatic rings. The first-order valence-corrected chi connectivity index (χ1v) is 8.01. The van der Waals surface area contributed by atoms with E-state index >= 15 is 0 Å². The fourth-order valence-electron chi connectivity index (χ4n) is 1.73. The van der Waals surface area contributed by atoms with Crippen LogP contribution < -0.4 is 9.47 Å². The van der Waals surface area contributed by atoms with E-state index in [2.05, 4.69) is 0 Å². The van der Waals surface area contributed by atoms with Crippen LogP contribution in [-0.4, -0.2) is 25.2 Å². The lowest BCUT2D eigenvalue weighted by Gasteiger charge is -2.18. The lowest BCUT2D eigenvalue weighted by molar-refractivity contribution is -0.143. The van der Waals surface area contributed by atoms with E-state index in [-0.39, 0.29) is 23.9 Å². The van der Waals surface area contributed by atoms with Crippen molar-refractivity contribution in [2.24, 2.45) is 5.41 Å². The van der Waals surface area contributed by atoms with Gasteiger partial charge in [-0.3, -0.25) is 4.79 Å². The highest BCUT2D eigenvalue weighted by Crippen LogP contribution is 2.31. The van der Waals surface area contributed by atoms with Gasteiger partial charge in [-0.1, -0.05) is 6.07 Å². The SMILES string of the molecule is CCOC(=O)C(C#N)=Cc1ccc(OC(=O)C(C)(C)C)c(OCC)c1. The summed E-state index contributed by atoms with van der Waals surface area (Å²) in [7, 11) is 0. The van der Waals surface area contributed by atoms with Gasteiger partial charge in [0.1, 0.15) is 11.6 Å². The molecule has 25 heavy (non-hydrogen) atoms. The number of nitriles is 1. The fourth-order valence-corrected chi connectivity index (χ4v) is 1.73. The summed E-state index contributed by atoms with van der Waals surface area (Å²) >= 11 is 0. The number of carbonyl (C=O) groups excluding carboxylic acids is 2. The second-order valence-electron chi connectivity index (χ2n) is 6.17.